The summed E-state index contributed by atoms with van der Waals surface area (Å²) in [6.07, 6.45) is 4.87. The van der Waals surface area contributed by atoms with Crippen LogP contribution in [0.15, 0.2) is 72.8 Å². The van der Waals surface area contributed by atoms with Crippen molar-refractivity contribution in [1.82, 2.24) is 10.2 Å². The summed E-state index contributed by atoms with van der Waals surface area (Å²) >= 11 is 0. The van der Waals surface area contributed by atoms with Crippen molar-refractivity contribution in [2.75, 3.05) is 6.61 Å². The summed E-state index contributed by atoms with van der Waals surface area (Å²) in [5, 5.41) is 5.20. The van der Waals surface area contributed by atoms with Gasteiger partial charge in [-0.05, 0) is 36.3 Å². The number of rotatable bonds is 9. The third-order valence-corrected chi connectivity index (χ3v) is 6.38. The average Bonchev–Trinajstić information content (AvgIpc) is 3.36. The Morgan fingerprint density at radius 3 is 2.42 bits per heavy atom. The summed E-state index contributed by atoms with van der Waals surface area (Å²) in [5.74, 6) is 0.406. The minimum absolute atomic E-state index is 0.0705. The van der Waals surface area contributed by atoms with Crippen LogP contribution < -0.4 is 10.1 Å². The molecular formula is C28H32N2O3. The molecular weight excluding hydrogens is 412 g/mol. The molecule has 3 aromatic carbocycles. The van der Waals surface area contributed by atoms with Crippen LogP contribution in [-0.4, -0.2) is 35.4 Å². The molecule has 172 valence electrons. The average molecular weight is 445 g/mol. The first kappa shape index (κ1) is 22.8. The molecule has 5 heteroatoms. The largest absolute Gasteiger partial charge is 0.483 e. The zero-order chi connectivity index (χ0) is 23.0. The van der Waals surface area contributed by atoms with E-state index in [-0.39, 0.29) is 24.5 Å². The van der Waals surface area contributed by atoms with Crippen LogP contribution in [0.25, 0.3) is 10.8 Å². The van der Waals surface area contributed by atoms with E-state index in [0.717, 1.165) is 42.0 Å². The van der Waals surface area contributed by atoms with Gasteiger partial charge in [-0.3, -0.25) is 9.59 Å². The van der Waals surface area contributed by atoms with E-state index >= 15 is 0 Å². The molecule has 3 aromatic rings. The summed E-state index contributed by atoms with van der Waals surface area (Å²) in [6, 6.07) is 23.3. The van der Waals surface area contributed by atoms with Gasteiger partial charge in [-0.15, -0.1) is 0 Å². The van der Waals surface area contributed by atoms with Gasteiger partial charge < -0.3 is 15.0 Å². The molecule has 0 unspecified atom stereocenters. The molecule has 4 rings (SSSR count). The fourth-order valence-corrected chi connectivity index (χ4v) is 4.61. The summed E-state index contributed by atoms with van der Waals surface area (Å²) in [7, 11) is 0. The molecule has 0 heterocycles. The Hall–Kier alpha value is -3.34. The Balaban J connectivity index is 1.52. The lowest BCUT2D eigenvalue weighted by Gasteiger charge is -2.31. The van der Waals surface area contributed by atoms with Crippen LogP contribution in [0.5, 0.6) is 5.75 Å². The van der Waals surface area contributed by atoms with Gasteiger partial charge in [0, 0.05) is 18.0 Å². The van der Waals surface area contributed by atoms with Crippen LogP contribution in [-0.2, 0) is 16.1 Å². The van der Waals surface area contributed by atoms with Crippen molar-refractivity contribution in [1.29, 1.82) is 0 Å². The molecule has 1 saturated carbocycles. The first-order chi connectivity index (χ1) is 16.2. The number of fused-ring (bicyclic) bond motifs is 1. The van der Waals surface area contributed by atoms with Crippen molar-refractivity contribution < 1.29 is 14.3 Å². The highest BCUT2D eigenvalue weighted by Crippen LogP contribution is 2.25. The predicted molar refractivity (Wildman–Crippen MR) is 131 cm³/mol. The van der Waals surface area contributed by atoms with Gasteiger partial charge in [0.05, 0.1) is 0 Å². The van der Waals surface area contributed by atoms with Crippen molar-refractivity contribution in [3.05, 3.63) is 78.4 Å². The van der Waals surface area contributed by atoms with Gasteiger partial charge >= 0.3 is 0 Å². The highest BCUT2D eigenvalue weighted by atomic mass is 16.5. The van der Waals surface area contributed by atoms with E-state index < -0.39 is 6.04 Å². The maximum absolute atomic E-state index is 13.4. The highest BCUT2D eigenvalue weighted by Gasteiger charge is 2.30. The fraction of sp³-hybridized carbons (Fsp3) is 0.357. The number of hydrogen-bond donors (Lipinski definition) is 1. The van der Waals surface area contributed by atoms with Gasteiger partial charge in [0.15, 0.2) is 6.61 Å². The maximum atomic E-state index is 13.4. The normalized spacial score (nSPS) is 14.7. The lowest BCUT2D eigenvalue weighted by Crippen LogP contribution is -2.52. The number of nitrogens with zero attached hydrogens (tertiary/aromatic N) is 1. The molecule has 1 aliphatic carbocycles. The number of carbonyl (C=O) groups excluding carboxylic acids is 2. The van der Waals surface area contributed by atoms with Crippen LogP contribution in [0.1, 0.15) is 44.6 Å². The highest BCUT2D eigenvalue weighted by molar-refractivity contribution is 5.90. The molecule has 0 radical (unpaired) electrons. The topological polar surface area (TPSA) is 58.6 Å². The number of hydrogen-bond acceptors (Lipinski definition) is 3. The van der Waals surface area contributed by atoms with Crippen molar-refractivity contribution in [2.45, 2.75) is 57.7 Å². The second kappa shape index (κ2) is 11.0. The van der Waals surface area contributed by atoms with Gasteiger partial charge in [-0.2, -0.15) is 0 Å². The maximum Gasteiger partial charge on any atom is 0.261 e. The number of nitrogens with one attached hydrogen (secondary N) is 1. The molecule has 0 aromatic heterocycles. The molecule has 0 spiro atoms. The molecule has 0 bridgehead atoms. The zero-order valence-electron chi connectivity index (χ0n) is 19.2. The van der Waals surface area contributed by atoms with Gasteiger partial charge in [0.2, 0.25) is 5.91 Å². The first-order valence-electron chi connectivity index (χ1n) is 11.9. The SMILES string of the molecule is CC[C@H](C(=O)NC1CCCC1)N(Cc1ccccc1)C(=O)COc1cccc2ccccc12. The zero-order valence-corrected chi connectivity index (χ0v) is 19.2. The lowest BCUT2D eigenvalue weighted by atomic mass is 10.1. The van der Waals surface area contributed by atoms with Crippen LogP contribution >= 0.6 is 0 Å². The van der Waals surface area contributed by atoms with E-state index in [4.69, 9.17) is 4.74 Å². The van der Waals surface area contributed by atoms with E-state index in [1.165, 1.54) is 0 Å². The number of benzene rings is 3. The van der Waals surface area contributed by atoms with Crippen LogP contribution in [0.3, 0.4) is 0 Å². The quantitative estimate of drug-likeness (QED) is 0.500. The number of ether oxygens (including phenoxy) is 1. The Bertz CT molecular complexity index is 1070. The van der Waals surface area contributed by atoms with Crippen LogP contribution in [0, 0.1) is 0 Å². The predicted octanol–water partition coefficient (Wildman–Crippen LogP) is 5.08. The summed E-state index contributed by atoms with van der Waals surface area (Å²) in [4.78, 5) is 28.3. The number of amides is 2. The van der Waals surface area contributed by atoms with Crippen LogP contribution in [0.2, 0.25) is 0 Å². The third kappa shape index (κ3) is 5.72. The Morgan fingerprint density at radius 1 is 0.970 bits per heavy atom. The van der Waals surface area contributed by atoms with E-state index in [1.807, 2.05) is 79.7 Å². The van der Waals surface area contributed by atoms with Gasteiger partial charge in [0.25, 0.3) is 5.91 Å². The van der Waals surface area contributed by atoms with Crippen molar-refractivity contribution in [3.8, 4) is 5.75 Å². The molecule has 1 fully saturated rings. The van der Waals surface area contributed by atoms with E-state index in [1.54, 1.807) is 4.90 Å². The second-order valence-corrected chi connectivity index (χ2v) is 8.69. The molecule has 0 aliphatic heterocycles. The summed E-state index contributed by atoms with van der Waals surface area (Å²) in [6.45, 7) is 2.21. The fourth-order valence-electron chi connectivity index (χ4n) is 4.61. The molecule has 33 heavy (non-hydrogen) atoms. The minimum atomic E-state index is -0.533. The monoisotopic (exact) mass is 444 g/mol. The standard InChI is InChI=1S/C28H32N2O3/c1-2-25(28(32)29-23-15-7-8-16-23)30(19-21-11-4-3-5-12-21)27(31)20-33-26-18-10-14-22-13-6-9-17-24(22)26/h3-6,9-14,17-18,23,25H,2,7-8,15-16,19-20H2,1H3,(H,29,32)/t25-/m1/s1. The minimum Gasteiger partial charge on any atom is -0.483 e. The Morgan fingerprint density at radius 2 is 1.67 bits per heavy atom. The molecule has 1 atom stereocenters. The molecule has 1 aliphatic rings. The van der Waals surface area contributed by atoms with E-state index in [0.29, 0.717) is 18.7 Å². The van der Waals surface area contributed by atoms with Crippen molar-refractivity contribution in [3.63, 3.8) is 0 Å². The molecule has 0 saturated heterocycles. The van der Waals surface area contributed by atoms with Crippen molar-refractivity contribution >= 4 is 22.6 Å². The Kier molecular flexibility index (Phi) is 7.61. The second-order valence-electron chi connectivity index (χ2n) is 8.69. The van der Waals surface area contributed by atoms with Gasteiger partial charge in [-0.25, -0.2) is 0 Å². The first-order valence-corrected chi connectivity index (χ1v) is 11.9. The smallest absolute Gasteiger partial charge is 0.261 e. The van der Waals surface area contributed by atoms with Crippen LogP contribution in [0.4, 0.5) is 0 Å². The summed E-state index contributed by atoms with van der Waals surface area (Å²) < 4.78 is 5.98. The summed E-state index contributed by atoms with van der Waals surface area (Å²) in [5.41, 5.74) is 0.989. The van der Waals surface area contributed by atoms with Gasteiger partial charge in [-0.1, -0.05) is 86.5 Å². The van der Waals surface area contributed by atoms with E-state index in [9.17, 15) is 9.59 Å². The Labute approximate surface area is 195 Å². The molecule has 5 nitrogen and oxygen atoms in total. The molecule has 2 amide bonds. The van der Waals surface area contributed by atoms with Crippen molar-refractivity contribution in [2.24, 2.45) is 0 Å². The third-order valence-electron chi connectivity index (χ3n) is 6.38. The van der Waals surface area contributed by atoms with Gasteiger partial charge in [0.1, 0.15) is 11.8 Å². The lowest BCUT2D eigenvalue weighted by molar-refractivity contribution is -0.143. The molecule has 1 N–H and O–H groups in total. The number of carbonyl (C=O) groups is 2. The van der Waals surface area contributed by atoms with E-state index in [2.05, 4.69) is 5.32 Å².